The lowest BCUT2D eigenvalue weighted by atomic mass is 10.1. The van der Waals surface area contributed by atoms with E-state index >= 15 is 0 Å². The Hall–Kier alpha value is -0.750. The molecule has 0 saturated heterocycles. The van der Waals surface area contributed by atoms with Crippen LogP contribution in [0.15, 0.2) is 23.4 Å². The molecule has 1 fully saturated rings. The van der Waals surface area contributed by atoms with Crippen molar-refractivity contribution in [3.63, 3.8) is 0 Å². The second-order valence-corrected chi connectivity index (χ2v) is 5.73. The maximum Gasteiger partial charge on any atom is 0.417 e. The largest absolute Gasteiger partial charge is 0.417 e. The van der Waals surface area contributed by atoms with Crippen LogP contribution in [0.4, 0.5) is 13.2 Å². The van der Waals surface area contributed by atoms with Crippen molar-refractivity contribution in [1.29, 1.82) is 0 Å². The molecule has 1 aromatic rings. The Morgan fingerprint density at radius 1 is 1.33 bits per heavy atom. The molecule has 1 aromatic heterocycles. The van der Waals surface area contributed by atoms with Gasteiger partial charge in [-0.3, -0.25) is 0 Å². The van der Waals surface area contributed by atoms with E-state index in [4.69, 9.17) is 5.73 Å². The highest BCUT2D eigenvalue weighted by Crippen LogP contribution is 2.38. The molecule has 6 heteroatoms. The predicted molar refractivity (Wildman–Crippen MR) is 65.3 cm³/mol. The van der Waals surface area contributed by atoms with Crippen molar-refractivity contribution in [2.75, 3.05) is 6.54 Å². The summed E-state index contributed by atoms with van der Waals surface area (Å²) in [5, 5.41) is 1.03. The van der Waals surface area contributed by atoms with E-state index in [-0.39, 0.29) is 0 Å². The van der Waals surface area contributed by atoms with Crippen LogP contribution in [0.2, 0.25) is 0 Å². The smallest absolute Gasteiger partial charge is 0.330 e. The van der Waals surface area contributed by atoms with Crippen LogP contribution in [-0.4, -0.2) is 16.8 Å². The van der Waals surface area contributed by atoms with E-state index in [0.717, 1.165) is 31.5 Å². The van der Waals surface area contributed by atoms with Crippen molar-refractivity contribution in [1.82, 2.24) is 4.98 Å². The fourth-order valence-electron chi connectivity index (χ4n) is 2.20. The average Bonchev–Trinajstić information content (AvgIpc) is 2.76. The van der Waals surface area contributed by atoms with Gasteiger partial charge in [-0.05, 0) is 37.4 Å². The summed E-state index contributed by atoms with van der Waals surface area (Å²) in [6.45, 7) is 0.637. The second-order valence-electron chi connectivity index (χ2n) is 4.47. The molecule has 0 bridgehead atoms. The van der Waals surface area contributed by atoms with Crippen LogP contribution in [0.25, 0.3) is 0 Å². The first kappa shape index (κ1) is 13.7. The molecule has 1 aliphatic carbocycles. The fraction of sp³-hybridized carbons (Fsp3) is 0.583. The Kier molecular flexibility index (Phi) is 4.17. The monoisotopic (exact) mass is 276 g/mol. The summed E-state index contributed by atoms with van der Waals surface area (Å²) in [5.41, 5.74) is 4.98. The number of rotatable bonds is 3. The number of nitrogens with two attached hydrogens (primary N) is 1. The molecule has 0 amide bonds. The van der Waals surface area contributed by atoms with E-state index in [0.29, 0.717) is 22.7 Å². The quantitative estimate of drug-likeness (QED) is 0.920. The van der Waals surface area contributed by atoms with E-state index in [1.165, 1.54) is 6.07 Å². The van der Waals surface area contributed by atoms with Gasteiger partial charge in [-0.2, -0.15) is 13.2 Å². The minimum absolute atomic E-state index is 0.388. The van der Waals surface area contributed by atoms with Crippen LogP contribution in [-0.2, 0) is 6.18 Å². The number of hydrogen-bond acceptors (Lipinski definition) is 3. The van der Waals surface area contributed by atoms with Crippen molar-refractivity contribution in [2.24, 2.45) is 11.7 Å². The van der Waals surface area contributed by atoms with Gasteiger partial charge in [-0.1, -0.05) is 6.42 Å². The zero-order valence-corrected chi connectivity index (χ0v) is 10.6. The molecule has 18 heavy (non-hydrogen) atoms. The number of pyridine rings is 1. The molecule has 1 saturated carbocycles. The Labute approximate surface area is 108 Å². The summed E-state index contributed by atoms with van der Waals surface area (Å²) < 4.78 is 37.1. The fourth-order valence-corrected chi connectivity index (χ4v) is 3.49. The van der Waals surface area contributed by atoms with Crippen molar-refractivity contribution in [3.05, 3.63) is 23.9 Å². The standard InChI is InChI=1S/C12H15F3N2S/c13-12(14,15)9-4-5-11(17-7-9)18-10-3-1-2-8(10)6-16/h4-5,7-8,10H,1-3,6,16H2. The van der Waals surface area contributed by atoms with Gasteiger partial charge in [0.15, 0.2) is 0 Å². The van der Waals surface area contributed by atoms with Gasteiger partial charge in [0.2, 0.25) is 0 Å². The highest BCUT2D eigenvalue weighted by molar-refractivity contribution is 7.99. The van der Waals surface area contributed by atoms with Gasteiger partial charge < -0.3 is 5.73 Å². The third kappa shape index (κ3) is 3.17. The van der Waals surface area contributed by atoms with Crippen LogP contribution in [0.1, 0.15) is 24.8 Å². The summed E-state index contributed by atoms with van der Waals surface area (Å²) in [5.74, 6) is 0.457. The van der Waals surface area contributed by atoms with Gasteiger partial charge >= 0.3 is 6.18 Å². The number of alkyl halides is 3. The molecule has 0 radical (unpaired) electrons. The molecule has 2 N–H and O–H groups in total. The summed E-state index contributed by atoms with van der Waals surface area (Å²) in [6.07, 6.45) is -0.109. The number of thioether (sulfide) groups is 1. The Bertz CT molecular complexity index is 391. The summed E-state index contributed by atoms with van der Waals surface area (Å²) >= 11 is 1.54. The van der Waals surface area contributed by atoms with E-state index in [2.05, 4.69) is 4.98 Å². The van der Waals surface area contributed by atoms with Gasteiger partial charge in [-0.25, -0.2) is 4.98 Å². The van der Waals surface area contributed by atoms with Crippen molar-refractivity contribution < 1.29 is 13.2 Å². The van der Waals surface area contributed by atoms with Gasteiger partial charge in [0.25, 0.3) is 0 Å². The first-order valence-corrected chi connectivity index (χ1v) is 6.78. The minimum atomic E-state index is -4.32. The lowest BCUT2D eigenvalue weighted by Gasteiger charge is -2.16. The summed E-state index contributed by atoms with van der Waals surface area (Å²) in [7, 11) is 0. The van der Waals surface area contributed by atoms with Crippen LogP contribution >= 0.6 is 11.8 Å². The van der Waals surface area contributed by atoms with Gasteiger partial charge in [0.05, 0.1) is 10.6 Å². The lowest BCUT2D eigenvalue weighted by Crippen LogP contribution is -2.20. The van der Waals surface area contributed by atoms with Gasteiger partial charge in [0, 0.05) is 11.4 Å². The third-order valence-corrected chi connectivity index (χ3v) is 4.63. The molecule has 0 aromatic carbocycles. The molecule has 1 heterocycles. The van der Waals surface area contributed by atoms with Gasteiger partial charge in [0.1, 0.15) is 0 Å². The molecule has 2 rings (SSSR count). The molecule has 2 nitrogen and oxygen atoms in total. The maximum absolute atomic E-state index is 12.4. The van der Waals surface area contributed by atoms with Crippen LogP contribution < -0.4 is 5.73 Å². The zero-order chi connectivity index (χ0) is 13.2. The van der Waals surface area contributed by atoms with Crippen molar-refractivity contribution in [2.45, 2.75) is 35.7 Å². The van der Waals surface area contributed by atoms with Crippen LogP contribution in [0.3, 0.4) is 0 Å². The van der Waals surface area contributed by atoms with Gasteiger partial charge in [-0.15, -0.1) is 11.8 Å². The SMILES string of the molecule is NCC1CCCC1Sc1ccc(C(F)(F)F)cn1. The summed E-state index contributed by atoms with van der Waals surface area (Å²) in [6, 6.07) is 2.53. The normalized spacial score (nSPS) is 24.4. The van der Waals surface area contributed by atoms with Crippen LogP contribution in [0.5, 0.6) is 0 Å². The Balaban J connectivity index is 2.02. The van der Waals surface area contributed by atoms with E-state index in [1.54, 1.807) is 11.8 Å². The summed E-state index contributed by atoms with van der Waals surface area (Å²) in [4.78, 5) is 3.88. The minimum Gasteiger partial charge on any atom is -0.330 e. The maximum atomic E-state index is 12.4. The molecule has 2 unspecified atom stereocenters. The first-order chi connectivity index (χ1) is 8.50. The third-order valence-electron chi connectivity index (χ3n) is 3.23. The Morgan fingerprint density at radius 3 is 2.67 bits per heavy atom. The topological polar surface area (TPSA) is 38.9 Å². The zero-order valence-electron chi connectivity index (χ0n) is 9.78. The number of nitrogens with zero attached hydrogens (tertiary/aromatic N) is 1. The molecular weight excluding hydrogens is 261 g/mol. The molecule has 1 aliphatic rings. The molecular formula is C12H15F3N2S. The molecule has 0 aliphatic heterocycles. The average molecular weight is 276 g/mol. The second kappa shape index (κ2) is 5.48. The van der Waals surface area contributed by atoms with Crippen molar-refractivity contribution in [3.8, 4) is 0 Å². The van der Waals surface area contributed by atoms with Crippen LogP contribution in [0, 0.1) is 5.92 Å². The first-order valence-electron chi connectivity index (χ1n) is 5.90. The molecule has 2 atom stereocenters. The number of halogens is 3. The van der Waals surface area contributed by atoms with Crippen molar-refractivity contribution >= 4 is 11.8 Å². The van der Waals surface area contributed by atoms with E-state index < -0.39 is 11.7 Å². The van der Waals surface area contributed by atoms with E-state index in [9.17, 15) is 13.2 Å². The number of aromatic nitrogens is 1. The predicted octanol–water partition coefficient (Wildman–Crippen LogP) is 3.32. The highest BCUT2D eigenvalue weighted by atomic mass is 32.2. The molecule has 100 valence electrons. The molecule has 0 spiro atoms. The highest BCUT2D eigenvalue weighted by Gasteiger charge is 2.31. The lowest BCUT2D eigenvalue weighted by molar-refractivity contribution is -0.137. The van der Waals surface area contributed by atoms with E-state index in [1.807, 2.05) is 0 Å². The number of hydrogen-bond donors (Lipinski definition) is 1. The Morgan fingerprint density at radius 2 is 2.11 bits per heavy atom.